The number of piperidine rings is 1. The lowest BCUT2D eigenvalue weighted by molar-refractivity contribution is 0.145. The van der Waals surface area contributed by atoms with Crippen molar-refractivity contribution in [3.05, 3.63) is 64.6 Å². The molecule has 3 aromatic heterocycles. The first-order chi connectivity index (χ1) is 15.0. The number of H-pyrrole nitrogens is 1. The minimum Gasteiger partial charge on any atom is -0.393 e. The van der Waals surface area contributed by atoms with Gasteiger partial charge in [-0.25, -0.2) is 4.39 Å². The fourth-order valence-corrected chi connectivity index (χ4v) is 3.40. The van der Waals surface area contributed by atoms with Crippen molar-refractivity contribution in [2.75, 3.05) is 28.6 Å². The molecule has 4 N–H and O–H groups in total. The van der Waals surface area contributed by atoms with Crippen LogP contribution >= 0.6 is 0 Å². The summed E-state index contributed by atoms with van der Waals surface area (Å²) in [7, 11) is 0. The molecule has 31 heavy (non-hydrogen) atoms. The van der Waals surface area contributed by atoms with Crippen LogP contribution in [0, 0.1) is 5.82 Å². The summed E-state index contributed by atoms with van der Waals surface area (Å²) in [5, 5.41) is 16.1. The molecule has 0 spiro atoms. The Morgan fingerprint density at radius 2 is 2.06 bits per heavy atom. The molecule has 1 aliphatic rings. The van der Waals surface area contributed by atoms with Crippen LogP contribution in [0.1, 0.15) is 31.5 Å². The van der Waals surface area contributed by atoms with Crippen molar-refractivity contribution in [1.82, 2.24) is 19.9 Å². The van der Waals surface area contributed by atoms with E-state index in [2.05, 4.69) is 35.5 Å². The number of aromatic amines is 1. The Bertz CT molecular complexity index is 1080. The van der Waals surface area contributed by atoms with Crippen LogP contribution in [0.15, 0.2) is 47.5 Å². The van der Waals surface area contributed by atoms with Crippen molar-refractivity contribution in [1.29, 1.82) is 0 Å². The summed E-state index contributed by atoms with van der Waals surface area (Å²) >= 11 is 0. The monoisotopic (exact) mass is 425 g/mol. The van der Waals surface area contributed by atoms with Crippen molar-refractivity contribution in [2.45, 2.75) is 31.9 Å². The molecule has 4 heterocycles. The van der Waals surface area contributed by atoms with Crippen molar-refractivity contribution < 1.29 is 9.50 Å². The highest BCUT2D eigenvalue weighted by atomic mass is 19.1. The normalized spacial score (nSPS) is 15.5. The van der Waals surface area contributed by atoms with Gasteiger partial charge in [0.2, 0.25) is 5.95 Å². The zero-order valence-corrected chi connectivity index (χ0v) is 17.0. The lowest BCUT2D eigenvalue weighted by Crippen LogP contribution is -2.36. The topological polar surface area (TPSA) is 119 Å². The van der Waals surface area contributed by atoms with Crippen molar-refractivity contribution in [3.63, 3.8) is 0 Å². The number of halogens is 1. The summed E-state index contributed by atoms with van der Waals surface area (Å²) in [4.78, 5) is 29.9. The number of aliphatic hydroxyl groups is 1. The summed E-state index contributed by atoms with van der Waals surface area (Å²) < 4.78 is 13.2. The fourth-order valence-electron chi connectivity index (χ4n) is 3.40. The molecule has 0 unspecified atom stereocenters. The van der Waals surface area contributed by atoms with E-state index in [-0.39, 0.29) is 23.7 Å². The molecule has 0 bridgehead atoms. The molecule has 9 nitrogen and oxygen atoms in total. The zero-order valence-electron chi connectivity index (χ0n) is 17.0. The van der Waals surface area contributed by atoms with E-state index in [0.717, 1.165) is 0 Å². The van der Waals surface area contributed by atoms with Gasteiger partial charge in [0.05, 0.1) is 24.0 Å². The van der Waals surface area contributed by atoms with Crippen LogP contribution in [0.2, 0.25) is 0 Å². The van der Waals surface area contributed by atoms with Crippen molar-refractivity contribution >= 4 is 23.3 Å². The van der Waals surface area contributed by atoms with Gasteiger partial charge in [-0.1, -0.05) is 0 Å². The molecule has 3 aromatic rings. The highest BCUT2D eigenvalue weighted by Crippen LogP contribution is 2.25. The lowest BCUT2D eigenvalue weighted by atomic mass is 10.1. The Balaban J connectivity index is 1.62. The van der Waals surface area contributed by atoms with E-state index >= 15 is 0 Å². The third-order valence-electron chi connectivity index (χ3n) is 5.12. The fraction of sp³-hybridized carbons (Fsp3) is 0.333. The highest BCUT2D eigenvalue weighted by Gasteiger charge is 2.20. The van der Waals surface area contributed by atoms with E-state index in [1.54, 1.807) is 24.4 Å². The van der Waals surface area contributed by atoms with Crippen LogP contribution < -0.4 is 21.1 Å². The van der Waals surface area contributed by atoms with Gasteiger partial charge in [0.15, 0.2) is 0 Å². The lowest BCUT2D eigenvalue weighted by Gasteiger charge is -2.31. The smallest absolute Gasteiger partial charge is 0.271 e. The number of rotatable bonds is 6. The molecule has 0 saturated carbocycles. The minimum absolute atomic E-state index is 0.237. The summed E-state index contributed by atoms with van der Waals surface area (Å²) in [6, 6.07) is 7.91. The highest BCUT2D eigenvalue weighted by molar-refractivity contribution is 5.59. The second-order valence-electron chi connectivity index (χ2n) is 7.46. The quantitative estimate of drug-likeness (QED) is 0.476. The molecule has 1 fully saturated rings. The molecule has 1 aliphatic heterocycles. The van der Waals surface area contributed by atoms with Crippen LogP contribution in [-0.2, 0) is 0 Å². The third-order valence-corrected chi connectivity index (χ3v) is 5.12. The molecule has 0 aliphatic carbocycles. The Morgan fingerprint density at radius 3 is 2.77 bits per heavy atom. The number of aromatic nitrogens is 4. The maximum atomic E-state index is 13.2. The van der Waals surface area contributed by atoms with Crippen LogP contribution in [0.4, 0.5) is 27.7 Å². The van der Waals surface area contributed by atoms with Gasteiger partial charge in [0.25, 0.3) is 5.56 Å². The van der Waals surface area contributed by atoms with Crippen LogP contribution in [0.5, 0.6) is 0 Å². The number of hydrogen-bond acceptors (Lipinski definition) is 8. The first-order valence-corrected chi connectivity index (χ1v) is 10.1. The van der Waals surface area contributed by atoms with Gasteiger partial charge in [0, 0.05) is 25.4 Å². The van der Waals surface area contributed by atoms with Gasteiger partial charge in [-0.3, -0.25) is 9.78 Å². The maximum Gasteiger partial charge on any atom is 0.271 e. The van der Waals surface area contributed by atoms with Gasteiger partial charge in [0.1, 0.15) is 23.1 Å². The molecule has 0 radical (unpaired) electrons. The Kier molecular flexibility index (Phi) is 6.08. The van der Waals surface area contributed by atoms with Crippen LogP contribution in [0.3, 0.4) is 0 Å². The molecule has 162 valence electrons. The third kappa shape index (κ3) is 5.15. The number of anilines is 4. The second-order valence-corrected chi connectivity index (χ2v) is 7.46. The molecule has 0 aromatic carbocycles. The minimum atomic E-state index is -0.396. The number of aliphatic hydroxyl groups excluding tert-OH is 1. The predicted octanol–water partition coefficient (Wildman–Crippen LogP) is 2.58. The van der Waals surface area contributed by atoms with Crippen molar-refractivity contribution in [2.24, 2.45) is 0 Å². The summed E-state index contributed by atoms with van der Waals surface area (Å²) in [6.45, 7) is 3.23. The van der Waals surface area contributed by atoms with Gasteiger partial charge >= 0.3 is 0 Å². The van der Waals surface area contributed by atoms with Crippen LogP contribution in [0.25, 0.3) is 0 Å². The average molecular weight is 425 g/mol. The molecule has 0 amide bonds. The van der Waals surface area contributed by atoms with E-state index in [4.69, 9.17) is 0 Å². The largest absolute Gasteiger partial charge is 0.393 e. The number of nitrogens with one attached hydrogen (secondary N) is 3. The molecule has 1 saturated heterocycles. The zero-order chi connectivity index (χ0) is 21.8. The Labute approximate surface area is 178 Å². The first kappa shape index (κ1) is 20.7. The van der Waals surface area contributed by atoms with E-state index in [0.29, 0.717) is 48.9 Å². The molecule has 10 heteroatoms. The van der Waals surface area contributed by atoms with Crippen LogP contribution in [-0.4, -0.2) is 44.2 Å². The molecular formula is C21H24FN7O2. The Hall–Kier alpha value is -3.53. The maximum absolute atomic E-state index is 13.2. The van der Waals surface area contributed by atoms with Gasteiger partial charge in [-0.2, -0.15) is 9.97 Å². The summed E-state index contributed by atoms with van der Waals surface area (Å²) in [5.74, 6) is 1.08. The number of nitrogens with zero attached hydrogens (tertiary/aromatic N) is 4. The van der Waals surface area contributed by atoms with Gasteiger partial charge in [-0.15, -0.1) is 0 Å². The van der Waals surface area contributed by atoms with E-state index in [9.17, 15) is 14.3 Å². The molecule has 4 rings (SSSR count). The van der Waals surface area contributed by atoms with Gasteiger partial charge < -0.3 is 25.6 Å². The van der Waals surface area contributed by atoms with E-state index < -0.39 is 5.82 Å². The van der Waals surface area contributed by atoms with E-state index in [1.165, 1.54) is 12.3 Å². The second kappa shape index (κ2) is 9.09. The SMILES string of the molecule is C[C@H](Nc1cc(N2CCC(O)CC2)nc(Nc2ccc[nH]c2=O)n1)c1ccc(F)cn1. The first-order valence-electron chi connectivity index (χ1n) is 10.1. The van der Waals surface area contributed by atoms with Crippen molar-refractivity contribution in [3.8, 4) is 0 Å². The summed E-state index contributed by atoms with van der Waals surface area (Å²) in [6.07, 6.45) is 3.73. The van der Waals surface area contributed by atoms with E-state index in [1.807, 2.05) is 13.0 Å². The summed E-state index contributed by atoms with van der Waals surface area (Å²) in [5.41, 5.74) is 0.709. The average Bonchev–Trinajstić information content (AvgIpc) is 2.76. The predicted molar refractivity (Wildman–Crippen MR) is 116 cm³/mol. The number of hydrogen-bond donors (Lipinski definition) is 4. The molecular weight excluding hydrogens is 401 g/mol. The Morgan fingerprint density at radius 1 is 1.26 bits per heavy atom. The standard InChI is InChI=1S/C21H24FN7O2/c1-13(16-5-4-14(22)12-24-16)25-18-11-19(29-9-6-15(30)7-10-29)28-21(27-18)26-17-3-2-8-23-20(17)31/h2-5,8,11-13,15,30H,6-7,9-10H2,1H3,(H,23,31)(H2,25,26,27,28)/t13-/m0/s1. The molecule has 1 atom stereocenters. The number of pyridine rings is 2. The van der Waals surface area contributed by atoms with Gasteiger partial charge in [-0.05, 0) is 44.0 Å².